The van der Waals surface area contributed by atoms with Gasteiger partial charge in [0.15, 0.2) is 0 Å². The standard InChI is InChI=1S/C52H108N.H2O4S/c1-5-9-13-16-19-22-25-28-31-34-37-40-43-46-50-53(49-12-8-4,51-47-44-41-38-35-32-29-26-23-20-17-14-10-6-2)52-48-45-42-39-36-33-30-27-24-21-18-15-11-7-3;1-5(2,3)4/h5-52H2,1-4H3;(H2,1,2,3,4)/q+1;/p-1. The summed E-state index contributed by atoms with van der Waals surface area (Å²) >= 11 is 0. The summed E-state index contributed by atoms with van der Waals surface area (Å²) in [5, 5.41) is 0. The highest BCUT2D eigenvalue weighted by Gasteiger charge is 2.25. The lowest BCUT2D eigenvalue weighted by molar-refractivity contribution is -0.929. The molecule has 6 heteroatoms. The van der Waals surface area contributed by atoms with E-state index in [-0.39, 0.29) is 0 Å². The molecule has 0 saturated heterocycles. The summed E-state index contributed by atoms with van der Waals surface area (Å²) in [5.41, 5.74) is 0. The quantitative estimate of drug-likeness (QED) is 0.0286. The minimum Gasteiger partial charge on any atom is -0.726 e. The summed E-state index contributed by atoms with van der Waals surface area (Å²) in [6.07, 6.45) is 64.7. The molecule has 0 aliphatic rings. The fourth-order valence-corrected chi connectivity index (χ4v) is 9.09. The predicted molar refractivity (Wildman–Crippen MR) is 258 cm³/mol. The van der Waals surface area contributed by atoms with E-state index in [4.69, 9.17) is 17.5 Å². The third-order valence-corrected chi connectivity index (χ3v) is 12.9. The molecule has 0 aliphatic carbocycles. The van der Waals surface area contributed by atoms with E-state index >= 15 is 0 Å². The lowest BCUT2D eigenvalue weighted by Gasteiger charge is -2.39. The molecule has 0 fully saturated rings. The van der Waals surface area contributed by atoms with Crippen molar-refractivity contribution < 1.29 is 22.0 Å². The minimum atomic E-state index is -4.92. The monoisotopic (exact) mass is 844 g/mol. The van der Waals surface area contributed by atoms with Crippen LogP contribution in [0.2, 0.25) is 0 Å². The van der Waals surface area contributed by atoms with Crippen LogP contribution in [-0.2, 0) is 10.4 Å². The van der Waals surface area contributed by atoms with Crippen LogP contribution in [0.5, 0.6) is 0 Å². The van der Waals surface area contributed by atoms with Gasteiger partial charge in [-0.05, 0) is 44.9 Å². The fraction of sp³-hybridized carbons (Fsp3) is 1.00. The molecule has 0 aliphatic heterocycles. The van der Waals surface area contributed by atoms with Crippen molar-refractivity contribution in [3.8, 4) is 0 Å². The van der Waals surface area contributed by atoms with Gasteiger partial charge in [0, 0.05) is 0 Å². The molecule has 0 aromatic heterocycles. The van der Waals surface area contributed by atoms with Crippen molar-refractivity contribution in [2.24, 2.45) is 0 Å². The zero-order valence-corrected chi connectivity index (χ0v) is 41.3. The first-order valence-electron chi connectivity index (χ1n) is 26.8. The number of quaternary nitrogens is 1. The number of hydrogen-bond donors (Lipinski definition) is 1. The van der Waals surface area contributed by atoms with E-state index in [0.717, 1.165) is 0 Å². The number of nitrogens with zero attached hydrogens (tertiary/aromatic N) is 1. The predicted octanol–water partition coefficient (Wildman–Crippen LogP) is 18.1. The molecular weight excluding hydrogens is 735 g/mol. The smallest absolute Gasteiger partial charge is 0.215 e. The Balaban J connectivity index is 0. The molecule has 0 spiro atoms. The topological polar surface area (TPSA) is 77.4 Å². The van der Waals surface area contributed by atoms with E-state index in [2.05, 4.69) is 27.7 Å². The molecule has 0 saturated carbocycles. The van der Waals surface area contributed by atoms with Crippen molar-refractivity contribution in [2.45, 2.75) is 310 Å². The first-order chi connectivity index (χ1) is 28.2. The van der Waals surface area contributed by atoms with Crippen LogP contribution in [-0.4, -0.2) is 48.2 Å². The first kappa shape index (κ1) is 59.9. The van der Waals surface area contributed by atoms with E-state index in [9.17, 15) is 0 Å². The highest BCUT2D eigenvalue weighted by Crippen LogP contribution is 2.21. The van der Waals surface area contributed by atoms with Crippen molar-refractivity contribution in [3.63, 3.8) is 0 Å². The van der Waals surface area contributed by atoms with Crippen molar-refractivity contribution >= 4 is 10.4 Å². The van der Waals surface area contributed by atoms with Crippen LogP contribution in [0.1, 0.15) is 310 Å². The molecular formula is C52H109NO4S. The summed E-state index contributed by atoms with van der Waals surface area (Å²) in [7, 11) is -4.92. The molecule has 0 unspecified atom stereocenters. The van der Waals surface area contributed by atoms with Gasteiger partial charge in [-0.1, -0.05) is 265 Å². The second kappa shape index (κ2) is 49.5. The van der Waals surface area contributed by atoms with Crippen LogP contribution in [0, 0.1) is 0 Å². The molecule has 0 aromatic carbocycles. The Morgan fingerprint density at radius 2 is 0.397 bits per heavy atom. The highest BCUT2D eigenvalue weighted by atomic mass is 32.3. The maximum Gasteiger partial charge on any atom is 0.215 e. The van der Waals surface area contributed by atoms with Crippen molar-refractivity contribution in [1.29, 1.82) is 0 Å². The lowest BCUT2D eigenvalue weighted by atomic mass is 10.0. The third kappa shape index (κ3) is 53.8. The summed E-state index contributed by atoms with van der Waals surface area (Å²) in [6.45, 7) is 15.3. The van der Waals surface area contributed by atoms with E-state index in [0.29, 0.717) is 0 Å². The van der Waals surface area contributed by atoms with Gasteiger partial charge >= 0.3 is 0 Å². The van der Waals surface area contributed by atoms with Crippen LogP contribution in [0.4, 0.5) is 0 Å². The second-order valence-electron chi connectivity index (χ2n) is 18.8. The first-order valence-corrected chi connectivity index (χ1v) is 28.1. The third-order valence-electron chi connectivity index (χ3n) is 12.9. The molecule has 0 rings (SSSR count). The molecule has 1 N–H and O–H groups in total. The van der Waals surface area contributed by atoms with Crippen LogP contribution < -0.4 is 0 Å². The molecule has 0 bridgehead atoms. The fourth-order valence-electron chi connectivity index (χ4n) is 9.09. The number of rotatable bonds is 48. The molecule has 0 amide bonds. The highest BCUT2D eigenvalue weighted by molar-refractivity contribution is 7.79. The summed E-state index contributed by atoms with van der Waals surface area (Å²) in [4.78, 5) is 0. The van der Waals surface area contributed by atoms with Gasteiger partial charge in [-0.25, -0.2) is 8.42 Å². The van der Waals surface area contributed by atoms with Gasteiger partial charge in [0.2, 0.25) is 10.4 Å². The number of hydrogen-bond acceptors (Lipinski definition) is 3. The molecule has 58 heavy (non-hydrogen) atoms. The summed E-state index contributed by atoms with van der Waals surface area (Å²) < 4.78 is 34.3. The van der Waals surface area contributed by atoms with Crippen LogP contribution in [0.15, 0.2) is 0 Å². The zero-order valence-electron chi connectivity index (χ0n) is 40.5. The van der Waals surface area contributed by atoms with Gasteiger partial charge in [-0.3, -0.25) is 4.55 Å². The van der Waals surface area contributed by atoms with E-state index in [1.165, 1.54) is 313 Å². The van der Waals surface area contributed by atoms with E-state index in [1.807, 2.05) is 0 Å². The van der Waals surface area contributed by atoms with E-state index < -0.39 is 10.4 Å². The van der Waals surface area contributed by atoms with Crippen LogP contribution in [0.3, 0.4) is 0 Å². The lowest BCUT2D eigenvalue weighted by Crippen LogP contribution is -2.50. The van der Waals surface area contributed by atoms with Crippen LogP contribution >= 0.6 is 0 Å². The molecule has 0 atom stereocenters. The second-order valence-corrected chi connectivity index (χ2v) is 19.7. The van der Waals surface area contributed by atoms with Crippen molar-refractivity contribution in [3.05, 3.63) is 0 Å². The average molecular weight is 845 g/mol. The molecule has 352 valence electrons. The van der Waals surface area contributed by atoms with Crippen molar-refractivity contribution in [1.82, 2.24) is 0 Å². The van der Waals surface area contributed by atoms with E-state index in [1.54, 1.807) is 0 Å². The minimum absolute atomic E-state index is 1.37. The Morgan fingerprint density at radius 3 is 0.552 bits per heavy atom. The Kier molecular flexibility index (Phi) is 51.1. The van der Waals surface area contributed by atoms with Gasteiger partial charge in [-0.15, -0.1) is 0 Å². The maximum absolute atomic E-state index is 8.63. The van der Waals surface area contributed by atoms with Gasteiger partial charge in [0.05, 0.1) is 26.2 Å². The van der Waals surface area contributed by atoms with Gasteiger partial charge in [0.1, 0.15) is 0 Å². The molecule has 0 heterocycles. The van der Waals surface area contributed by atoms with Gasteiger partial charge in [0.25, 0.3) is 0 Å². The molecule has 0 aromatic rings. The Bertz CT molecular complexity index is 763. The summed E-state index contributed by atoms with van der Waals surface area (Å²) in [5.74, 6) is 0. The summed E-state index contributed by atoms with van der Waals surface area (Å²) in [6, 6.07) is 0. The van der Waals surface area contributed by atoms with Gasteiger partial charge in [-0.2, -0.15) is 0 Å². The normalized spacial score (nSPS) is 12.0. The Hall–Kier alpha value is -0.170. The SMILES string of the molecule is CCCCCCCCCCCCCCCC[N+](CCCC)(CCCCCCCCCCCCCCCC)CCCCCCCCCCCCCCCC.O=S(=O)([O-])O. The maximum atomic E-state index is 8.63. The van der Waals surface area contributed by atoms with Crippen LogP contribution in [0.25, 0.3) is 0 Å². The molecule has 5 nitrogen and oxygen atoms in total. The zero-order chi connectivity index (χ0) is 42.9. The van der Waals surface area contributed by atoms with Crippen molar-refractivity contribution in [2.75, 3.05) is 26.2 Å². The molecule has 0 radical (unpaired) electrons. The van der Waals surface area contributed by atoms with Gasteiger partial charge < -0.3 is 9.04 Å². The Morgan fingerprint density at radius 1 is 0.276 bits per heavy atom. The largest absolute Gasteiger partial charge is 0.726 e. The average Bonchev–Trinajstić information content (AvgIpc) is 3.19. The Labute approximate surface area is 367 Å². The number of unbranched alkanes of at least 4 members (excludes halogenated alkanes) is 40.